The molecule has 68 valence electrons. The van der Waals surface area contributed by atoms with Crippen LogP contribution in [0.2, 0.25) is 0 Å². The smallest absolute Gasteiger partial charge is 0.326 e. The molecule has 2 bridgehead atoms. The van der Waals surface area contributed by atoms with Crippen molar-refractivity contribution in [3.8, 4) is 0 Å². The van der Waals surface area contributed by atoms with Gasteiger partial charge >= 0.3 is 5.97 Å². The van der Waals surface area contributed by atoms with Gasteiger partial charge in [0.25, 0.3) is 0 Å². The molecule has 0 heterocycles. The summed E-state index contributed by atoms with van der Waals surface area (Å²) in [6, 6.07) is 0. The van der Waals surface area contributed by atoms with E-state index in [-0.39, 0.29) is 5.97 Å². The number of fused-ring (bicyclic) bond motifs is 2. The third-order valence-electron chi connectivity index (χ3n) is 3.46. The van der Waals surface area contributed by atoms with Gasteiger partial charge in [-0.2, -0.15) is 0 Å². The molecule has 2 fully saturated rings. The predicted molar refractivity (Wildman–Crippen MR) is 44.4 cm³/mol. The highest BCUT2D eigenvalue weighted by atomic mass is 16.5. The molecule has 2 saturated carbocycles. The normalized spacial score (nSPS) is 44.8. The molecule has 0 unspecified atom stereocenters. The zero-order chi connectivity index (χ0) is 8.77. The summed E-state index contributed by atoms with van der Waals surface area (Å²) in [5.74, 6) is 0.851. The van der Waals surface area contributed by atoms with Gasteiger partial charge in [0.2, 0.25) is 0 Å². The van der Waals surface area contributed by atoms with Crippen molar-refractivity contribution in [1.82, 2.24) is 0 Å². The molecule has 0 radical (unpaired) electrons. The van der Waals surface area contributed by atoms with E-state index in [2.05, 4.69) is 0 Å². The Kier molecular flexibility index (Phi) is 1.65. The molecule has 0 aromatic heterocycles. The van der Waals surface area contributed by atoms with E-state index in [4.69, 9.17) is 10.5 Å². The van der Waals surface area contributed by atoms with Crippen LogP contribution in [0.5, 0.6) is 0 Å². The first-order valence-corrected chi connectivity index (χ1v) is 4.54. The zero-order valence-corrected chi connectivity index (χ0v) is 7.38. The van der Waals surface area contributed by atoms with Crippen LogP contribution in [0.25, 0.3) is 0 Å². The van der Waals surface area contributed by atoms with Crippen molar-refractivity contribution >= 4 is 5.97 Å². The number of carbonyl (C=O) groups is 1. The summed E-state index contributed by atoms with van der Waals surface area (Å²) >= 11 is 0. The number of carbonyl (C=O) groups excluding carboxylic acids is 1. The second-order valence-corrected chi connectivity index (χ2v) is 4.11. The summed E-state index contributed by atoms with van der Waals surface area (Å²) in [4.78, 5) is 11.4. The predicted octanol–water partition coefficient (Wildman–Crippen LogP) is 0.677. The summed E-state index contributed by atoms with van der Waals surface area (Å²) in [6.45, 7) is 0. The van der Waals surface area contributed by atoms with Crippen molar-refractivity contribution in [3.05, 3.63) is 0 Å². The first kappa shape index (κ1) is 8.05. The molecule has 2 rings (SSSR count). The van der Waals surface area contributed by atoms with Crippen LogP contribution in [0.15, 0.2) is 0 Å². The number of esters is 1. The van der Waals surface area contributed by atoms with E-state index < -0.39 is 5.54 Å². The lowest BCUT2D eigenvalue weighted by atomic mass is 9.82. The fourth-order valence-electron chi connectivity index (χ4n) is 2.81. The maximum atomic E-state index is 11.4. The first-order valence-electron chi connectivity index (χ1n) is 4.54. The van der Waals surface area contributed by atoms with Gasteiger partial charge < -0.3 is 10.5 Å². The van der Waals surface area contributed by atoms with Crippen molar-refractivity contribution < 1.29 is 9.53 Å². The monoisotopic (exact) mass is 169 g/mol. The number of methoxy groups -OCH3 is 1. The number of hydrogen-bond acceptors (Lipinski definition) is 3. The molecule has 0 aliphatic heterocycles. The van der Waals surface area contributed by atoms with Crippen molar-refractivity contribution in [2.75, 3.05) is 7.11 Å². The molecule has 3 atom stereocenters. The van der Waals surface area contributed by atoms with E-state index in [0.717, 1.165) is 19.3 Å². The van der Waals surface area contributed by atoms with Gasteiger partial charge in [-0.25, -0.2) is 0 Å². The lowest BCUT2D eigenvalue weighted by Crippen LogP contribution is -2.52. The molecule has 0 saturated heterocycles. The molecule has 2 aliphatic rings. The van der Waals surface area contributed by atoms with Gasteiger partial charge in [0.05, 0.1) is 7.11 Å². The molecule has 12 heavy (non-hydrogen) atoms. The van der Waals surface area contributed by atoms with Crippen LogP contribution in [0.1, 0.15) is 25.7 Å². The molecule has 3 heteroatoms. The van der Waals surface area contributed by atoms with Crippen molar-refractivity contribution in [1.29, 1.82) is 0 Å². The Morgan fingerprint density at radius 2 is 2.33 bits per heavy atom. The highest BCUT2D eigenvalue weighted by Crippen LogP contribution is 2.49. The van der Waals surface area contributed by atoms with Gasteiger partial charge in [0.15, 0.2) is 0 Å². The quantitative estimate of drug-likeness (QED) is 0.587. The van der Waals surface area contributed by atoms with E-state index in [0.29, 0.717) is 11.8 Å². The Labute approximate surface area is 72.3 Å². The first-order chi connectivity index (χ1) is 5.66. The second kappa shape index (κ2) is 2.46. The Bertz CT molecular complexity index is 217. The molecule has 0 aromatic rings. The fraction of sp³-hybridized carbons (Fsp3) is 0.889. The summed E-state index contributed by atoms with van der Waals surface area (Å²) in [7, 11) is 1.42. The Balaban J connectivity index is 2.17. The molecule has 2 aliphatic carbocycles. The highest BCUT2D eigenvalue weighted by Gasteiger charge is 2.53. The zero-order valence-electron chi connectivity index (χ0n) is 7.38. The Hall–Kier alpha value is -0.570. The molecule has 3 nitrogen and oxygen atoms in total. The maximum absolute atomic E-state index is 11.4. The topological polar surface area (TPSA) is 52.3 Å². The minimum atomic E-state index is -0.641. The minimum absolute atomic E-state index is 0.213. The molecular weight excluding hydrogens is 154 g/mol. The number of rotatable bonds is 1. The van der Waals surface area contributed by atoms with Gasteiger partial charge in [-0.15, -0.1) is 0 Å². The van der Waals surface area contributed by atoms with Gasteiger partial charge in [-0.05, 0) is 31.1 Å². The SMILES string of the molecule is COC(=O)[C@]1(N)C[C@H]2CC[C@@H]1C2. The Morgan fingerprint density at radius 3 is 2.75 bits per heavy atom. The Morgan fingerprint density at radius 1 is 1.58 bits per heavy atom. The second-order valence-electron chi connectivity index (χ2n) is 4.11. The maximum Gasteiger partial charge on any atom is 0.326 e. The van der Waals surface area contributed by atoms with E-state index in [1.165, 1.54) is 13.5 Å². The van der Waals surface area contributed by atoms with E-state index in [9.17, 15) is 4.79 Å². The number of ether oxygens (including phenoxy) is 1. The number of nitrogens with two attached hydrogens (primary N) is 1. The van der Waals surface area contributed by atoms with E-state index in [1.54, 1.807) is 0 Å². The van der Waals surface area contributed by atoms with Crippen LogP contribution in [0.4, 0.5) is 0 Å². The van der Waals surface area contributed by atoms with Gasteiger partial charge in [0, 0.05) is 0 Å². The van der Waals surface area contributed by atoms with E-state index in [1.807, 2.05) is 0 Å². The van der Waals surface area contributed by atoms with Gasteiger partial charge in [0.1, 0.15) is 5.54 Å². The van der Waals surface area contributed by atoms with Crippen LogP contribution in [0, 0.1) is 11.8 Å². The molecule has 0 spiro atoms. The average molecular weight is 169 g/mol. The molecule has 2 N–H and O–H groups in total. The standard InChI is InChI=1S/C9H15NO2/c1-12-8(11)9(10)5-6-2-3-7(9)4-6/h6-7H,2-5,10H2,1H3/t6-,7+,9-/m0/s1. The third kappa shape index (κ3) is 0.891. The largest absolute Gasteiger partial charge is 0.468 e. The third-order valence-corrected chi connectivity index (χ3v) is 3.46. The highest BCUT2D eigenvalue weighted by molar-refractivity contribution is 5.81. The summed E-state index contributed by atoms with van der Waals surface area (Å²) in [6.07, 6.45) is 4.33. The van der Waals surface area contributed by atoms with E-state index >= 15 is 0 Å². The fourth-order valence-corrected chi connectivity index (χ4v) is 2.81. The number of hydrogen-bond donors (Lipinski definition) is 1. The van der Waals surface area contributed by atoms with Crippen molar-refractivity contribution in [2.24, 2.45) is 17.6 Å². The van der Waals surface area contributed by atoms with Gasteiger partial charge in [-0.1, -0.05) is 6.42 Å². The van der Waals surface area contributed by atoms with Crippen LogP contribution < -0.4 is 5.73 Å². The van der Waals surface area contributed by atoms with Crippen LogP contribution >= 0.6 is 0 Å². The summed E-state index contributed by atoms with van der Waals surface area (Å²) in [5.41, 5.74) is 5.38. The van der Waals surface area contributed by atoms with Crippen LogP contribution in [-0.2, 0) is 9.53 Å². The summed E-state index contributed by atoms with van der Waals surface area (Å²) in [5, 5.41) is 0. The average Bonchev–Trinajstić information content (AvgIpc) is 2.62. The van der Waals surface area contributed by atoms with Gasteiger partial charge in [-0.3, -0.25) is 4.79 Å². The minimum Gasteiger partial charge on any atom is -0.468 e. The van der Waals surface area contributed by atoms with Crippen molar-refractivity contribution in [2.45, 2.75) is 31.2 Å². The van der Waals surface area contributed by atoms with Crippen molar-refractivity contribution in [3.63, 3.8) is 0 Å². The summed E-state index contributed by atoms with van der Waals surface area (Å²) < 4.78 is 4.73. The van der Waals surface area contributed by atoms with Crippen LogP contribution in [-0.4, -0.2) is 18.6 Å². The molecule has 0 amide bonds. The lowest BCUT2D eigenvalue weighted by Gasteiger charge is -2.30. The lowest BCUT2D eigenvalue weighted by molar-refractivity contribution is -0.149. The van der Waals surface area contributed by atoms with Crippen LogP contribution in [0.3, 0.4) is 0 Å². The molecular formula is C9H15NO2. The molecule has 0 aromatic carbocycles.